The highest BCUT2D eigenvalue weighted by Gasteiger charge is 2.12. The zero-order valence-electron chi connectivity index (χ0n) is 11.7. The van der Waals surface area contributed by atoms with Gasteiger partial charge in [-0.05, 0) is 30.7 Å². The molecule has 6 heteroatoms. The first kappa shape index (κ1) is 14.0. The van der Waals surface area contributed by atoms with E-state index in [1.807, 2.05) is 28.1 Å². The van der Waals surface area contributed by atoms with Gasteiger partial charge in [-0.25, -0.2) is 4.39 Å². The van der Waals surface area contributed by atoms with Gasteiger partial charge in [0.2, 0.25) is 5.88 Å². The third-order valence-electron chi connectivity index (χ3n) is 3.31. The molecule has 0 spiro atoms. The highest BCUT2D eigenvalue weighted by molar-refractivity contribution is 7.15. The largest absolute Gasteiger partial charge is 0.480 e. The van der Waals surface area contributed by atoms with Crippen LogP contribution in [0.1, 0.15) is 11.3 Å². The maximum atomic E-state index is 12.8. The Bertz CT molecular complexity index is 720. The van der Waals surface area contributed by atoms with Crippen molar-refractivity contribution in [3.05, 3.63) is 52.9 Å². The molecule has 0 fully saturated rings. The smallest absolute Gasteiger partial charge is 0.237 e. The predicted octanol–water partition coefficient (Wildman–Crippen LogP) is 2.88. The summed E-state index contributed by atoms with van der Waals surface area (Å²) in [5.74, 6) is 0.465. The fourth-order valence-electron chi connectivity index (χ4n) is 2.23. The number of hydrogen-bond acceptors (Lipinski definition) is 4. The van der Waals surface area contributed by atoms with Crippen LogP contribution in [0.5, 0.6) is 5.88 Å². The van der Waals surface area contributed by atoms with Crippen LogP contribution in [0.3, 0.4) is 0 Å². The van der Waals surface area contributed by atoms with Gasteiger partial charge < -0.3 is 10.1 Å². The lowest BCUT2D eigenvalue weighted by atomic mass is 10.1. The Labute approximate surface area is 126 Å². The number of benzene rings is 1. The van der Waals surface area contributed by atoms with Crippen LogP contribution < -0.4 is 10.1 Å². The van der Waals surface area contributed by atoms with Gasteiger partial charge in [0.15, 0.2) is 4.96 Å². The molecule has 3 aromatic rings. The van der Waals surface area contributed by atoms with Crippen LogP contribution in [0.25, 0.3) is 4.96 Å². The molecule has 1 aromatic carbocycles. The summed E-state index contributed by atoms with van der Waals surface area (Å²) in [5.41, 5.74) is 2.14. The number of methoxy groups -OCH3 is 1. The predicted molar refractivity (Wildman–Crippen MR) is 81.4 cm³/mol. The minimum atomic E-state index is -0.199. The highest BCUT2D eigenvalue weighted by Crippen LogP contribution is 2.22. The molecule has 0 aliphatic rings. The van der Waals surface area contributed by atoms with Crippen molar-refractivity contribution < 1.29 is 9.13 Å². The quantitative estimate of drug-likeness (QED) is 0.712. The topological polar surface area (TPSA) is 38.6 Å². The number of nitrogens with zero attached hydrogens (tertiary/aromatic N) is 2. The van der Waals surface area contributed by atoms with E-state index in [2.05, 4.69) is 10.3 Å². The van der Waals surface area contributed by atoms with Crippen molar-refractivity contribution in [1.82, 2.24) is 14.7 Å². The molecule has 21 heavy (non-hydrogen) atoms. The van der Waals surface area contributed by atoms with Gasteiger partial charge in [0, 0.05) is 18.1 Å². The van der Waals surface area contributed by atoms with E-state index in [-0.39, 0.29) is 5.82 Å². The summed E-state index contributed by atoms with van der Waals surface area (Å²) in [6, 6.07) is 6.61. The summed E-state index contributed by atoms with van der Waals surface area (Å²) in [5, 5.41) is 5.38. The Kier molecular flexibility index (Phi) is 4.17. The molecule has 0 amide bonds. The molecular formula is C15H16FN3OS. The molecule has 0 bridgehead atoms. The van der Waals surface area contributed by atoms with Crippen molar-refractivity contribution in [2.75, 3.05) is 13.7 Å². The number of imidazole rings is 1. The second kappa shape index (κ2) is 6.24. The molecule has 1 N–H and O–H groups in total. The summed E-state index contributed by atoms with van der Waals surface area (Å²) >= 11 is 1.58. The standard InChI is InChI=1S/C15H16FN3OS/c1-20-14-13(19-8-9-21-15(19)18-14)10-17-7-6-11-2-4-12(16)5-3-11/h2-5,8-9,17H,6-7,10H2,1H3. The van der Waals surface area contributed by atoms with Gasteiger partial charge in [-0.1, -0.05) is 12.1 Å². The Morgan fingerprint density at radius 2 is 2.14 bits per heavy atom. The maximum Gasteiger partial charge on any atom is 0.237 e. The summed E-state index contributed by atoms with van der Waals surface area (Å²) in [4.78, 5) is 5.35. The first-order chi connectivity index (χ1) is 10.3. The van der Waals surface area contributed by atoms with Gasteiger partial charge in [-0.15, -0.1) is 11.3 Å². The number of aromatic nitrogens is 2. The number of fused-ring (bicyclic) bond motifs is 1. The minimum Gasteiger partial charge on any atom is -0.480 e. The van der Waals surface area contributed by atoms with E-state index < -0.39 is 0 Å². The van der Waals surface area contributed by atoms with Crippen LogP contribution in [-0.2, 0) is 13.0 Å². The SMILES string of the molecule is COc1nc2sccn2c1CNCCc1ccc(F)cc1. The van der Waals surface area contributed by atoms with E-state index in [0.717, 1.165) is 29.2 Å². The second-order valence-corrected chi connectivity index (χ2v) is 5.55. The van der Waals surface area contributed by atoms with Gasteiger partial charge in [0.1, 0.15) is 11.5 Å². The Balaban J connectivity index is 1.59. The van der Waals surface area contributed by atoms with E-state index in [0.29, 0.717) is 12.4 Å². The van der Waals surface area contributed by atoms with Crippen molar-refractivity contribution in [3.63, 3.8) is 0 Å². The molecule has 0 saturated heterocycles. The molecule has 0 aliphatic heterocycles. The fraction of sp³-hybridized carbons (Fsp3) is 0.267. The zero-order valence-corrected chi connectivity index (χ0v) is 12.5. The number of nitrogens with one attached hydrogen (secondary N) is 1. The molecule has 2 aromatic heterocycles. The van der Waals surface area contributed by atoms with E-state index in [1.54, 1.807) is 18.4 Å². The van der Waals surface area contributed by atoms with E-state index in [9.17, 15) is 4.39 Å². The van der Waals surface area contributed by atoms with Crippen LogP contribution in [0.2, 0.25) is 0 Å². The van der Waals surface area contributed by atoms with E-state index in [4.69, 9.17) is 4.74 Å². The number of halogens is 1. The van der Waals surface area contributed by atoms with Crippen LogP contribution in [-0.4, -0.2) is 23.0 Å². The first-order valence-electron chi connectivity index (χ1n) is 6.71. The maximum absolute atomic E-state index is 12.8. The van der Waals surface area contributed by atoms with Crippen LogP contribution in [0, 0.1) is 5.82 Å². The first-order valence-corrected chi connectivity index (χ1v) is 7.59. The summed E-state index contributed by atoms with van der Waals surface area (Å²) in [7, 11) is 1.63. The Morgan fingerprint density at radius 3 is 2.90 bits per heavy atom. The minimum absolute atomic E-state index is 0.199. The molecule has 110 valence electrons. The number of thiazole rings is 1. The van der Waals surface area contributed by atoms with Crippen molar-refractivity contribution in [3.8, 4) is 5.88 Å². The summed E-state index contributed by atoms with van der Waals surface area (Å²) in [6.07, 6.45) is 2.85. The highest BCUT2D eigenvalue weighted by atomic mass is 32.1. The van der Waals surface area contributed by atoms with Crippen LogP contribution in [0.4, 0.5) is 4.39 Å². The molecule has 0 saturated carbocycles. The summed E-state index contributed by atoms with van der Waals surface area (Å²) < 4.78 is 20.2. The number of ether oxygens (including phenoxy) is 1. The molecule has 0 aliphatic carbocycles. The second-order valence-electron chi connectivity index (χ2n) is 4.68. The lowest BCUT2D eigenvalue weighted by Crippen LogP contribution is -2.18. The van der Waals surface area contributed by atoms with Gasteiger partial charge in [0.05, 0.1) is 7.11 Å². The molecule has 0 atom stereocenters. The van der Waals surface area contributed by atoms with Crippen LogP contribution >= 0.6 is 11.3 Å². The lowest BCUT2D eigenvalue weighted by Gasteiger charge is -2.06. The van der Waals surface area contributed by atoms with Gasteiger partial charge in [0.25, 0.3) is 0 Å². The van der Waals surface area contributed by atoms with Gasteiger partial charge in [-0.2, -0.15) is 4.98 Å². The molecule has 2 heterocycles. The third kappa shape index (κ3) is 3.06. The van der Waals surface area contributed by atoms with Gasteiger partial charge in [-0.3, -0.25) is 4.40 Å². The molecule has 0 radical (unpaired) electrons. The van der Waals surface area contributed by atoms with Crippen LogP contribution in [0.15, 0.2) is 35.8 Å². The normalized spacial score (nSPS) is 11.1. The summed E-state index contributed by atoms with van der Waals surface area (Å²) in [6.45, 7) is 1.49. The molecule has 0 unspecified atom stereocenters. The average Bonchev–Trinajstić information content (AvgIpc) is 3.06. The monoisotopic (exact) mass is 305 g/mol. The van der Waals surface area contributed by atoms with Crippen molar-refractivity contribution in [2.24, 2.45) is 0 Å². The van der Waals surface area contributed by atoms with Gasteiger partial charge >= 0.3 is 0 Å². The number of hydrogen-bond donors (Lipinski definition) is 1. The van der Waals surface area contributed by atoms with E-state index in [1.165, 1.54) is 12.1 Å². The van der Waals surface area contributed by atoms with Crippen molar-refractivity contribution in [1.29, 1.82) is 0 Å². The fourth-order valence-corrected chi connectivity index (χ4v) is 2.95. The average molecular weight is 305 g/mol. The molecule has 4 nitrogen and oxygen atoms in total. The van der Waals surface area contributed by atoms with Crippen molar-refractivity contribution >= 4 is 16.3 Å². The number of rotatable bonds is 6. The third-order valence-corrected chi connectivity index (χ3v) is 4.07. The zero-order chi connectivity index (χ0) is 14.7. The van der Waals surface area contributed by atoms with E-state index >= 15 is 0 Å². The molecular weight excluding hydrogens is 289 g/mol. The molecule has 3 rings (SSSR count). The lowest BCUT2D eigenvalue weighted by molar-refractivity contribution is 0.393. The Morgan fingerprint density at radius 1 is 1.33 bits per heavy atom. The van der Waals surface area contributed by atoms with Crippen molar-refractivity contribution in [2.45, 2.75) is 13.0 Å². The Hall–Kier alpha value is -1.92.